The van der Waals surface area contributed by atoms with Crippen molar-refractivity contribution in [2.45, 2.75) is 25.2 Å². The van der Waals surface area contributed by atoms with E-state index in [1.165, 1.54) is 16.6 Å². The lowest BCUT2D eigenvalue weighted by atomic mass is 9.82. The van der Waals surface area contributed by atoms with Crippen molar-refractivity contribution >= 4 is 26.0 Å². The Hall–Kier alpha value is -0.530. The van der Waals surface area contributed by atoms with Gasteiger partial charge < -0.3 is 0 Å². The maximum Gasteiger partial charge on any atom is 0.246 e. The fourth-order valence-corrected chi connectivity index (χ4v) is 4.20. The van der Waals surface area contributed by atoms with Crippen molar-refractivity contribution < 1.29 is 12.8 Å². The van der Waals surface area contributed by atoms with E-state index < -0.39 is 15.8 Å². The van der Waals surface area contributed by atoms with Crippen molar-refractivity contribution in [3.63, 3.8) is 0 Å². The molecule has 0 radical (unpaired) electrons. The molecule has 1 fully saturated rings. The van der Waals surface area contributed by atoms with Crippen LogP contribution in [0.25, 0.3) is 0 Å². The first-order valence-corrected chi connectivity index (χ1v) is 7.84. The van der Waals surface area contributed by atoms with E-state index in [1.807, 2.05) is 13.8 Å². The minimum Gasteiger partial charge on any atom is -0.246 e. The van der Waals surface area contributed by atoms with Crippen molar-refractivity contribution in [2.24, 2.45) is 5.41 Å². The van der Waals surface area contributed by atoms with Gasteiger partial charge in [0.05, 0.1) is 0 Å². The zero-order chi connectivity index (χ0) is 13.6. The van der Waals surface area contributed by atoms with Crippen LogP contribution >= 0.6 is 15.9 Å². The molecule has 100 valence electrons. The van der Waals surface area contributed by atoms with Gasteiger partial charge in [-0.25, -0.2) is 17.8 Å². The Morgan fingerprint density at radius 3 is 2.72 bits per heavy atom. The number of pyridine rings is 1. The van der Waals surface area contributed by atoms with Gasteiger partial charge in [-0.15, -0.1) is 0 Å². The largest absolute Gasteiger partial charge is 0.246 e. The molecule has 0 spiro atoms. The highest BCUT2D eigenvalue weighted by molar-refractivity contribution is 9.10. The molecule has 0 atom stereocenters. The van der Waals surface area contributed by atoms with Crippen LogP contribution in [-0.4, -0.2) is 30.8 Å². The Morgan fingerprint density at radius 1 is 1.56 bits per heavy atom. The minimum atomic E-state index is -3.75. The Balaban J connectivity index is 2.31. The fraction of sp³-hybridized carbons (Fsp3) is 0.545. The average Bonchev–Trinajstić information content (AvgIpc) is 2.28. The predicted molar refractivity (Wildman–Crippen MR) is 69.1 cm³/mol. The first kappa shape index (κ1) is 13.9. The highest BCUT2D eigenvalue weighted by Gasteiger charge is 2.44. The number of aromatic nitrogens is 1. The van der Waals surface area contributed by atoms with Crippen LogP contribution in [0.1, 0.15) is 20.3 Å². The smallest absolute Gasteiger partial charge is 0.246 e. The van der Waals surface area contributed by atoms with E-state index in [4.69, 9.17) is 0 Å². The monoisotopic (exact) mass is 336 g/mol. The molecule has 2 rings (SSSR count). The van der Waals surface area contributed by atoms with Crippen LogP contribution in [0.4, 0.5) is 4.39 Å². The molecule has 0 amide bonds. The van der Waals surface area contributed by atoms with Gasteiger partial charge in [-0.05, 0) is 33.8 Å². The van der Waals surface area contributed by atoms with Gasteiger partial charge in [0, 0.05) is 19.3 Å². The Kier molecular flexibility index (Phi) is 3.50. The summed E-state index contributed by atoms with van der Waals surface area (Å²) in [5.41, 5.74) is 0.00775. The highest BCUT2D eigenvalue weighted by Crippen LogP contribution is 2.37. The van der Waals surface area contributed by atoms with Crippen molar-refractivity contribution in [3.8, 4) is 0 Å². The summed E-state index contributed by atoms with van der Waals surface area (Å²) in [4.78, 5) is 3.34. The van der Waals surface area contributed by atoms with E-state index >= 15 is 0 Å². The molecule has 18 heavy (non-hydrogen) atoms. The number of hydrogen-bond acceptors (Lipinski definition) is 3. The zero-order valence-corrected chi connectivity index (χ0v) is 12.6. The second-order valence-corrected chi connectivity index (χ2v) is 7.51. The van der Waals surface area contributed by atoms with Gasteiger partial charge in [0.1, 0.15) is 9.50 Å². The number of nitrogens with zero attached hydrogens (tertiary/aromatic N) is 2. The van der Waals surface area contributed by atoms with Crippen LogP contribution < -0.4 is 0 Å². The molecule has 1 aromatic rings. The summed E-state index contributed by atoms with van der Waals surface area (Å²) < 4.78 is 39.5. The van der Waals surface area contributed by atoms with Crippen LogP contribution in [-0.2, 0) is 10.0 Å². The second kappa shape index (κ2) is 4.54. The summed E-state index contributed by atoms with van der Waals surface area (Å²) in [6.45, 7) is 4.92. The van der Waals surface area contributed by atoms with Crippen molar-refractivity contribution in [1.82, 2.24) is 9.29 Å². The molecule has 2 heterocycles. The molecule has 1 aliphatic heterocycles. The van der Waals surface area contributed by atoms with Crippen molar-refractivity contribution in [2.75, 3.05) is 13.1 Å². The molecule has 0 N–H and O–H groups in total. The summed E-state index contributed by atoms with van der Waals surface area (Å²) in [7, 11) is -3.75. The van der Waals surface area contributed by atoms with Gasteiger partial charge in [0.15, 0.2) is 5.82 Å². The van der Waals surface area contributed by atoms with Crippen LogP contribution in [0.15, 0.2) is 21.8 Å². The molecule has 1 aromatic heterocycles. The predicted octanol–water partition coefficient (Wildman–Crippen LogP) is 2.40. The number of hydrogen-bond donors (Lipinski definition) is 0. The SMILES string of the molecule is CCC1(C)CN(S(=O)(=O)c2ccnc(Br)c2F)C1. The maximum atomic E-state index is 13.8. The van der Waals surface area contributed by atoms with E-state index in [0.29, 0.717) is 13.1 Å². The summed E-state index contributed by atoms with van der Waals surface area (Å²) in [5, 5.41) is 0. The fourth-order valence-electron chi connectivity index (χ4n) is 1.94. The average molecular weight is 337 g/mol. The molecular formula is C11H14BrFN2O2S. The lowest BCUT2D eigenvalue weighted by Gasteiger charge is -2.46. The number of halogens is 2. The number of rotatable bonds is 3. The zero-order valence-electron chi connectivity index (χ0n) is 10.2. The Bertz CT molecular complexity index is 570. The lowest BCUT2D eigenvalue weighted by molar-refractivity contribution is 0.0858. The third-order valence-electron chi connectivity index (χ3n) is 3.40. The van der Waals surface area contributed by atoms with E-state index in [1.54, 1.807) is 0 Å². The van der Waals surface area contributed by atoms with Crippen molar-refractivity contribution in [3.05, 3.63) is 22.7 Å². The van der Waals surface area contributed by atoms with Gasteiger partial charge in [0.25, 0.3) is 0 Å². The third kappa shape index (κ3) is 2.19. The molecule has 0 aromatic carbocycles. The third-order valence-corrected chi connectivity index (χ3v) is 5.76. The van der Waals surface area contributed by atoms with Gasteiger partial charge in [-0.1, -0.05) is 13.8 Å². The first-order valence-electron chi connectivity index (χ1n) is 5.60. The molecule has 4 nitrogen and oxygen atoms in total. The Morgan fingerprint density at radius 2 is 2.17 bits per heavy atom. The molecule has 7 heteroatoms. The van der Waals surface area contributed by atoms with Gasteiger partial charge >= 0.3 is 0 Å². The lowest BCUT2D eigenvalue weighted by Crippen LogP contribution is -2.56. The summed E-state index contributed by atoms with van der Waals surface area (Å²) >= 11 is 2.89. The molecule has 1 saturated heterocycles. The molecule has 0 saturated carbocycles. The van der Waals surface area contributed by atoms with Crippen molar-refractivity contribution in [1.29, 1.82) is 0 Å². The highest BCUT2D eigenvalue weighted by atomic mass is 79.9. The maximum absolute atomic E-state index is 13.8. The normalized spacial score (nSPS) is 19.6. The molecule has 0 bridgehead atoms. The van der Waals surface area contributed by atoms with E-state index in [2.05, 4.69) is 20.9 Å². The topological polar surface area (TPSA) is 50.3 Å². The van der Waals surface area contributed by atoms with E-state index in [-0.39, 0.29) is 14.9 Å². The molecule has 0 aliphatic carbocycles. The van der Waals surface area contributed by atoms with Gasteiger partial charge in [0.2, 0.25) is 10.0 Å². The summed E-state index contributed by atoms with van der Waals surface area (Å²) in [5.74, 6) is -0.831. The van der Waals surface area contributed by atoms with E-state index in [0.717, 1.165) is 6.42 Å². The van der Waals surface area contributed by atoms with Crippen LogP contribution in [0.2, 0.25) is 0 Å². The molecular weight excluding hydrogens is 323 g/mol. The Labute approximate surface area is 114 Å². The number of sulfonamides is 1. The molecule has 1 aliphatic rings. The molecule has 0 unspecified atom stereocenters. The quantitative estimate of drug-likeness (QED) is 0.796. The standard InChI is InChI=1S/C11H14BrFN2O2S/c1-3-11(2)6-15(7-11)18(16,17)8-4-5-14-10(12)9(8)13/h4-5H,3,6-7H2,1-2H3. The van der Waals surface area contributed by atoms with Gasteiger partial charge in [-0.2, -0.15) is 4.31 Å². The van der Waals surface area contributed by atoms with Gasteiger partial charge in [-0.3, -0.25) is 0 Å². The summed E-state index contributed by atoms with van der Waals surface area (Å²) in [6.07, 6.45) is 2.18. The van der Waals surface area contributed by atoms with Crippen LogP contribution in [0.3, 0.4) is 0 Å². The minimum absolute atomic E-state index is 0.00775. The summed E-state index contributed by atoms with van der Waals surface area (Å²) in [6, 6.07) is 1.19. The second-order valence-electron chi connectivity index (χ2n) is 4.85. The van der Waals surface area contributed by atoms with Crippen LogP contribution in [0, 0.1) is 11.2 Å². The first-order chi connectivity index (χ1) is 8.30. The van der Waals surface area contributed by atoms with E-state index in [9.17, 15) is 12.8 Å². The van der Waals surface area contributed by atoms with Crippen LogP contribution in [0.5, 0.6) is 0 Å².